The Bertz CT molecular complexity index is 3720. The third-order valence-corrected chi connectivity index (χ3v) is 21.3. The predicted octanol–water partition coefficient (Wildman–Crippen LogP) is -6.02. The Morgan fingerprint density at radius 3 is 1.75 bits per heavy atom. The summed E-state index contributed by atoms with van der Waals surface area (Å²) in [5.74, 6) is -19.1. The zero-order chi connectivity index (χ0) is 77.7. The Labute approximate surface area is 622 Å². The van der Waals surface area contributed by atoms with Crippen LogP contribution in [0.3, 0.4) is 0 Å². The van der Waals surface area contributed by atoms with E-state index in [2.05, 4.69) is 63.8 Å². The smallest absolute Gasteiger partial charge is 0.303 e. The van der Waals surface area contributed by atoms with E-state index in [0.717, 1.165) is 48.1 Å². The highest BCUT2D eigenvalue weighted by Crippen LogP contribution is 2.27. The molecule has 24 N–H and O–H groups in total. The molecule has 3 aliphatic rings. The second kappa shape index (κ2) is 42.1. The van der Waals surface area contributed by atoms with Gasteiger partial charge in [0.2, 0.25) is 82.7 Å². The standard InChI is InChI=1S/C65H86N18O19S4/c1-32-54(92)80-45-29-104-106-30-46(81-55(93)38(66)19-20-51(88)89)62(100)82-47(61(99)77-42(25-49(67)86)64(102)83-22-6-10-48(83)63(101)73-32)31-105-103-28-44(53(68)91)79-60(98)43(27-84)78-59(97)41(24-34-13-17-37(85)18-14-34)76-58(96)40(23-33-11-15-36(16-12-33)52(90)35-7-3-2-4-8-35)75-57(95)39(9-5-21-71-65(69)70)74-50(87)26-72-56(45)94/h2-4,7-8,11-18,32,38-48,84-85H,5-6,9-10,19-31,66H2,1H3,(H2,67,86)(H2,68,91)(H,72,94)(H,73,101)(H,74,87)(H,75,95)(H,76,96)(H,77,99)(H,78,97)(H,79,98)(H,80,92)(H,81,93)(H,82,100)(H,88,89)(H4,69,70,71)/t32-,38-,39-,40-,41?,42-,43?,44-,45-,46-,47-,48-/m0/s1. The number of hydrogen-bond donors (Lipinski definition) is 20. The number of carbonyl (C=O) groups excluding carboxylic acids is 15. The summed E-state index contributed by atoms with van der Waals surface area (Å²) in [5, 5.41) is 67.7. The molecule has 106 heavy (non-hydrogen) atoms. The maximum absolute atomic E-state index is 15.0. The van der Waals surface area contributed by atoms with Crippen molar-refractivity contribution < 1.29 is 92.0 Å². The number of carboxylic acids is 1. The van der Waals surface area contributed by atoms with Gasteiger partial charge in [-0.15, -0.1) is 0 Å². The Kier molecular flexibility index (Phi) is 33.6. The molecule has 14 amide bonds. The lowest BCUT2D eigenvalue weighted by Crippen LogP contribution is -2.61. The number of nitrogens with two attached hydrogens (primary N) is 4. The second-order valence-electron chi connectivity index (χ2n) is 24.6. The molecule has 3 saturated heterocycles. The molecule has 3 fully saturated rings. The first-order chi connectivity index (χ1) is 50.4. The number of fused-ring (bicyclic) bond motifs is 9. The first kappa shape index (κ1) is 84.7. The van der Waals surface area contributed by atoms with Gasteiger partial charge in [-0.05, 0) is 62.3 Å². The van der Waals surface area contributed by atoms with Crippen LogP contribution in [0.5, 0.6) is 5.75 Å². The van der Waals surface area contributed by atoms with E-state index in [1.807, 2.05) is 0 Å². The third-order valence-electron chi connectivity index (χ3n) is 16.5. The van der Waals surface area contributed by atoms with Crippen LogP contribution in [-0.4, -0.2) is 242 Å². The lowest BCUT2D eigenvalue weighted by atomic mass is 9.98. The number of nitrogens with one attached hydrogen (secondary N) is 13. The Balaban J connectivity index is 1.45. The Morgan fingerprint density at radius 1 is 0.613 bits per heavy atom. The number of phenolic OH excluding ortho intramolecular Hbond substituents is 1. The van der Waals surface area contributed by atoms with Crippen LogP contribution in [0.15, 0.2) is 78.9 Å². The summed E-state index contributed by atoms with van der Waals surface area (Å²) in [5.41, 5.74) is 24.2. The predicted molar refractivity (Wildman–Crippen MR) is 388 cm³/mol. The molecule has 0 radical (unpaired) electrons. The minimum atomic E-state index is -1.91. The topological polar surface area (TPSA) is 609 Å². The lowest BCUT2D eigenvalue weighted by Gasteiger charge is -2.30. The van der Waals surface area contributed by atoms with E-state index in [-0.39, 0.29) is 62.3 Å². The van der Waals surface area contributed by atoms with Crippen LogP contribution in [0.4, 0.5) is 0 Å². The van der Waals surface area contributed by atoms with Crippen molar-refractivity contribution in [2.75, 3.05) is 49.3 Å². The Hall–Kier alpha value is -10.2. The van der Waals surface area contributed by atoms with Gasteiger partial charge in [0.05, 0.1) is 25.6 Å². The second-order valence-corrected chi connectivity index (χ2v) is 29.7. The molecular formula is C65H86N18O19S4. The molecule has 2 unspecified atom stereocenters. The van der Waals surface area contributed by atoms with Crippen molar-refractivity contribution in [3.8, 4) is 5.75 Å². The minimum Gasteiger partial charge on any atom is -0.508 e. The molecule has 37 nitrogen and oxygen atoms in total. The molecule has 3 aromatic rings. The van der Waals surface area contributed by atoms with Crippen molar-refractivity contribution in [3.63, 3.8) is 0 Å². The fraction of sp³-hybridized carbons (Fsp3) is 0.462. The van der Waals surface area contributed by atoms with Crippen molar-refractivity contribution in [1.82, 2.24) is 68.7 Å². The zero-order valence-electron chi connectivity index (χ0n) is 57.2. The van der Waals surface area contributed by atoms with Gasteiger partial charge in [-0.2, -0.15) is 0 Å². The average Bonchev–Trinajstić information content (AvgIpc) is 1.45. The number of rotatable bonds is 19. The van der Waals surface area contributed by atoms with Crippen molar-refractivity contribution in [1.29, 1.82) is 5.41 Å². The number of primary amides is 2. The van der Waals surface area contributed by atoms with Crippen molar-refractivity contribution in [2.24, 2.45) is 22.9 Å². The molecule has 3 heterocycles. The summed E-state index contributed by atoms with van der Waals surface area (Å²) in [7, 11) is 3.16. The van der Waals surface area contributed by atoms with Crippen LogP contribution in [0.2, 0.25) is 0 Å². The fourth-order valence-electron chi connectivity index (χ4n) is 10.7. The number of guanidine groups is 1. The molecule has 0 aromatic heterocycles. The van der Waals surface area contributed by atoms with E-state index in [0.29, 0.717) is 16.7 Å². The number of phenols is 1. The largest absolute Gasteiger partial charge is 0.508 e. The Morgan fingerprint density at radius 2 is 1.16 bits per heavy atom. The van der Waals surface area contributed by atoms with Gasteiger partial charge in [-0.25, -0.2) is 0 Å². The molecule has 574 valence electrons. The summed E-state index contributed by atoms with van der Waals surface area (Å²) >= 11 is 0. The number of carboxylic acid groups (broad SMARTS) is 1. The van der Waals surface area contributed by atoms with Gasteiger partial charge in [-0.3, -0.25) is 82.1 Å². The monoisotopic (exact) mass is 1550 g/mol. The molecule has 0 saturated carbocycles. The maximum atomic E-state index is 15.0. The van der Waals surface area contributed by atoms with Gasteiger partial charge in [-0.1, -0.05) is 110 Å². The molecular weight excluding hydrogens is 1470 g/mol. The number of nitrogens with zero attached hydrogens (tertiary/aromatic N) is 1. The molecule has 3 aliphatic heterocycles. The van der Waals surface area contributed by atoms with Crippen LogP contribution in [0.25, 0.3) is 0 Å². The third kappa shape index (κ3) is 27.0. The van der Waals surface area contributed by atoms with Crippen molar-refractivity contribution in [2.45, 2.75) is 137 Å². The van der Waals surface area contributed by atoms with E-state index >= 15 is 0 Å². The first-order valence-corrected chi connectivity index (χ1v) is 38.2. The van der Waals surface area contributed by atoms with Crippen molar-refractivity contribution in [3.05, 3.63) is 101 Å². The van der Waals surface area contributed by atoms with E-state index < -0.39 is 229 Å². The molecule has 0 spiro atoms. The summed E-state index contributed by atoms with van der Waals surface area (Å²) in [4.78, 5) is 224. The summed E-state index contributed by atoms with van der Waals surface area (Å²) in [6.45, 7) is -0.963. The number of aliphatic hydroxyl groups is 1. The molecule has 6 rings (SSSR count). The number of aliphatic carboxylic acids is 1. The van der Waals surface area contributed by atoms with Gasteiger partial charge in [0.25, 0.3) is 0 Å². The molecule has 0 aliphatic carbocycles. The highest BCUT2D eigenvalue weighted by molar-refractivity contribution is 8.77. The number of ketones is 1. The van der Waals surface area contributed by atoms with E-state index in [9.17, 15) is 92.0 Å². The van der Waals surface area contributed by atoms with Gasteiger partial charge in [0, 0.05) is 66.5 Å². The zero-order valence-corrected chi connectivity index (χ0v) is 60.5. The van der Waals surface area contributed by atoms with E-state index in [1.54, 1.807) is 30.3 Å². The number of hydrogen-bond acceptors (Lipinski definition) is 24. The van der Waals surface area contributed by atoms with Gasteiger partial charge in [0.1, 0.15) is 72.2 Å². The van der Waals surface area contributed by atoms with Crippen molar-refractivity contribution >= 4 is 144 Å². The van der Waals surface area contributed by atoms with Gasteiger partial charge >= 0.3 is 5.97 Å². The van der Waals surface area contributed by atoms with E-state index in [1.165, 1.54) is 55.5 Å². The molecule has 12 atom stereocenters. The van der Waals surface area contributed by atoms with Crippen LogP contribution in [0, 0.1) is 5.41 Å². The fourth-order valence-corrected chi connectivity index (χ4v) is 15.4. The summed E-state index contributed by atoms with van der Waals surface area (Å²) in [6.07, 6.45) is -2.65. The van der Waals surface area contributed by atoms with Crippen LogP contribution >= 0.6 is 43.2 Å². The minimum absolute atomic E-state index is 0.00674. The quantitative estimate of drug-likeness (QED) is 0.0175. The maximum Gasteiger partial charge on any atom is 0.303 e. The molecule has 2 bridgehead atoms. The van der Waals surface area contributed by atoms with Crippen LogP contribution < -0.4 is 86.7 Å². The van der Waals surface area contributed by atoms with Crippen LogP contribution in [-0.2, 0) is 84.8 Å². The number of amides is 14. The van der Waals surface area contributed by atoms with Gasteiger partial charge in [0.15, 0.2) is 11.7 Å². The first-order valence-electron chi connectivity index (χ1n) is 33.2. The number of aromatic hydroxyl groups is 1. The van der Waals surface area contributed by atoms with Gasteiger partial charge < -0.3 is 107 Å². The number of benzene rings is 3. The average molecular weight is 1550 g/mol. The summed E-state index contributed by atoms with van der Waals surface area (Å²) < 4.78 is 0. The normalized spacial score (nSPS) is 24.5. The summed E-state index contributed by atoms with van der Waals surface area (Å²) in [6, 6.07) is -0.104. The SMILES string of the molecule is C[C@@H]1NC(=O)[C@@H]2CCCN2C(=O)[C@H](CC(N)=O)NC(=O)[C@@H]2CSSC[C@@H](C(N)=O)NC(=O)C(CO)NC(=O)C(Cc3ccc(O)cc3)NC(=O)[C@H](Cc3ccc(C(=O)c4ccccc4)cc3)NC(=O)[C@H](CCCNC(=N)N)NC(=O)CNC(=O)[C@H](CSSC[C@H](NC(=O)[C@@H](N)CCC(=O)O)C(=O)N2)NC1=O. The highest BCUT2D eigenvalue weighted by Gasteiger charge is 2.41. The highest BCUT2D eigenvalue weighted by atomic mass is 33.1. The lowest BCUT2D eigenvalue weighted by molar-refractivity contribution is -0.143. The molecule has 3 aromatic carbocycles. The number of aliphatic hydroxyl groups excluding tert-OH is 1. The number of carbonyl (C=O) groups is 16. The van der Waals surface area contributed by atoms with E-state index in [4.69, 9.17) is 28.3 Å². The van der Waals surface area contributed by atoms with Crippen LogP contribution in [0.1, 0.15) is 78.9 Å². The molecule has 41 heteroatoms.